The Labute approximate surface area is 153 Å². The number of hydrogen-bond donors (Lipinski definition) is 0. The first-order valence-electron chi connectivity index (χ1n) is 8.46. The summed E-state index contributed by atoms with van der Waals surface area (Å²) >= 11 is 0. The van der Waals surface area contributed by atoms with E-state index in [9.17, 15) is 17.6 Å². The van der Waals surface area contributed by atoms with Crippen LogP contribution in [0.1, 0.15) is 5.56 Å². The van der Waals surface area contributed by atoms with Gasteiger partial charge in [-0.15, -0.1) is 0 Å². The topological polar surface area (TPSA) is 70.2 Å². The molecule has 0 N–H and O–H groups in total. The Morgan fingerprint density at radius 1 is 1.27 bits per heavy atom. The first-order valence-corrected chi connectivity index (χ1v) is 10.3. The quantitative estimate of drug-likeness (QED) is 0.770. The summed E-state index contributed by atoms with van der Waals surface area (Å²) < 4.78 is 43.7. The zero-order valence-corrected chi connectivity index (χ0v) is 16.0. The summed E-state index contributed by atoms with van der Waals surface area (Å²) in [6.07, 6.45) is 0. The summed E-state index contributed by atoms with van der Waals surface area (Å²) in [6, 6.07) is 3.76. The Morgan fingerprint density at radius 3 is 2.58 bits per heavy atom. The summed E-state index contributed by atoms with van der Waals surface area (Å²) in [5.41, 5.74) is 0.487. The number of nitrogens with zero attached hydrogens (tertiary/aromatic N) is 3. The fourth-order valence-corrected chi connectivity index (χ4v) is 5.73. The number of ether oxygens (including phenoxy) is 1. The molecule has 1 aromatic rings. The van der Waals surface area contributed by atoms with Gasteiger partial charge in [0, 0.05) is 51.4 Å². The van der Waals surface area contributed by atoms with Crippen molar-refractivity contribution in [1.29, 1.82) is 0 Å². The second kappa shape index (κ2) is 7.03. The highest BCUT2D eigenvalue weighted by atomic mass is 32.2. The van der Waals surface area contributed by atoms with Gasteiger partial charge in [-0.2, -0.15) is 0 Å². The zero-order chi connectivity index (χ0) is 19.1. The molecule has 7 nitrogen and oxygen atoms in total. The molecule has 0 aromatic heterocycles. The van der Waals surface area contributed by atoms with Crippen molar-refractivity contribution in [2.75, 3.05) is 45.8 Å². The van der Waals surface area contributed by atoms with Gasteiger partial charge < -0.3 is 14.5 Å². The monoisotopic (exact) mass is 385 g/mol. The molecule has 26 heavy (non-hydrogen) atoms. The van der Waals surface area contributed by atoms with Crippen molar-refractivity contribution in [2.24, 2.45) is 0 Å². The molecular weight excluding hydrogens is 361 g/mol. The van der Waals surface area contributed by atoms with E-state index in [1.165, 1.54) is 18.1 Å². The van der Waals surface area contributed by atoms with Crippen LogP contribution in [-0.2, 0) is 16.4 Å². The number of sulfone groups is 1. The van der Waals surface area contributed by atoms with E-state index in [1.54, 1.807) is 31.1 Å². The van der Waals surface area contributed by atoms with Gasteiger partial charge in [0.1, 0.15) is 11.6 Å². The smallest absolute Gasteiger partial charge is 0.319 e. The lowest BCUT2D eigenvalue weighted by Crippen LogP contribution is -2.61. The van der Waals surface area contributed by atoms with E-state index in [1.807, 2.05) is 4.90 Å². The summed E-state index contributed by atoms with van der Waals surface area (Å²) in [5.74, 6) is 0.00778. The molecule has 3 rings (SSSR count). The highest BCUT2D eigenvalue weighted by molar-refractivity contribution is 7.91. The van der Waals surface area contributed by atoms with Gasteiger partial charge in [0.05, 0.1) is 24.7 Å². The molecule has 0 bridgehead atoms. The normalized spacial score (nSPS) is 25.0. The molecule has 2 aliphatic heterocycles. The number of piperazine rings is 1. The number of carbonyl (C=O) groups excluding carboxylic acids is 1. The predicted molar refractivity (Wildman–Crippen MR) is 95.4 cm³/mol. The molecule has 2 saturated heterocycles. The Balaban J connectivity index is 1.83. The van der Waals surface area contributed by atoms with E-state index in [0.717, 1.165) is 0 Å². The zero-order valence-electron chi connectivity index (χ0n) is 15.2. The number of amides is 2. The highest BCUT2D eigenvalue weighted by Gasteiger charge is 2.48. The molecule has 2 aliphatic rings. The summed E-state index contributed by atoms with van der Waals surface area (Å²) in [7, 11) is 1.55. The van der Waals surface area contributed by atoms with Gasteiger partial charge in [0.2, 0.25) is 0 Å². The van der Waals surface area contributed by atoms with Crippen molar-refractivity contribution in [3.05, 3.63) is 29.6 Å². The van der Waals surface area contributed by atoms with Crippen LogP contribution in [-0.4, -0.2) is 87.0 Å². The molecule has 9 heteroatoms. The van der Waals surface area contributed by atoms with Crippen molar-refractivity contribution >= 4 is 15.9 Å². The number of rotatable bonds is 3. The Bertz CT molecular complexity index is 799. The van der Waals surface area contributed by atoms with Gasteiger partial charge in [0.15, 0.2) is 9.84 Å². The van der Waals surface area contributed by atoms with Crippen LogP contribution in [0.25, 0.3) is 0 Å². The summed E-state index contributed by atoms with van der Waals surface area (Å²) in [4.78, 5) is 17.5. The minimum Gasteiger partial charge on any atom is -0.497 e. The average Bonchev–Trinajstić information content (AvgIpc) is 2.91. The summed E-state index contributed by atoms with van der Waals surface area (Å²) in [6.45, 7) is 1.23. The molecule has 2 amide bonds. The van der Waals surface area contributed by atoms with Crippen LogP contribution in [0.3, 0.4) is 0 Å². The number of benzene rings is 1. The lowest BCUT2D eigenvalue weighted by Gasteiger charge is -2.44. The third-order valence-electron chi connectivity index (χ3n) is 5.05. The van der Waals surface area contributed by atoms with Crippen molar-refractivity contribution in [3.8, 4) is 5.75 Å². The molecule has 144 valence electrons. The van der Waals surface area contributed by atoms with Gasteiger partial charge in [-0.3, -0.25) is 4.90 Å². The van der Waals surface area contributed by atoms with Crippen LogP contribution in [0.5, 0.6) is 5.75 Å². The van der Waals surface area contributed by atoms with Crippen LogP contribution >= 0.6 is 0 Å². The molecule has 2 fully saturated rings. The molecule has 2 atom stereocenters. The van der Waals surface area contributed by atoms with Crippen LogP contribution < -0.4 is 4.74 Å². The lowest BCUT2D eigenvalue weighted by atomic mass is 10.0. The Hall–Kier alpha value is -1.87. The summed E-state index contributed by atoms with van der Waals surface area (Å²) in [5, 5.41) is 0. The van der Waals surface area contributed by atoms with Gasteiger partial charge >= 0.3 is 6.03 Å². The largest absolute Gasteiger partial charge is 0.497 e. The van der Waals surface area contributed by atoms with Crippen LogP contribution in [0.4, 0.5) is 9.18 Å². The lowest BCUT2D eigenvalue weighted by molar-refractivity contribution is 0.0514. The minimum absolute atomic E-state index is 0.00729. The minimum atomic E-state index is -3.23. The number of fused-ring (bicyclic) bond motifs is 1. The van der Waals surface area contributed by atoms with Crippen LogP contribution in [0.15, 0.2) is 18.2 Å². The molecule has 0 radical (unpaired) electrons. The van der Waals surface area contributed by atoms with E-state index in [0.29, 0.717) is 30.9 Å². The highest BCUT2D eigenvalue weighted by Crippen LogP contribution is 2.29. The van der Waals surface area contributed by atoms with Gasteiger partial charge in [0.25, 0.3) is 0 Å². The number of urea groups is 1. The second-order valence-corrected chi connectivity index (χ2v) is 9.16. The maximum Gasteiger partial charge on any atom is 0.319 e. The Morgan fingerprint density at radius 2 is 1.96 bits per heavy atom. The SMILES string of the molecule is COc1ccc(CN2CCN(C(=O)N(C)C)[C@H]3CS(=O)(=O)C[C@H]32)c(F)c1. The average molecular weight is 385 g/mol. The molecule has 0 aliphatic carbocycles. The maximum absolute atomic E-state index is 14.3. The van der Waals surface area contributed by atoms with E-state index >= 15 is 0 Å². The maximum atomic E-state index is 14.3. The standard InChI is InChI=1S/C17H24FN3O4S/c1-19(2)17(22)21-7-6-20(15-10-26(23,24)11-16(15)21)9-12-4-5-13(25-3)8-14(12)18/h4-5,8,15-16H,6-7,9-11H2,1-3H3/t15-,16+/m1/s1. The van der Waals surface area contributed by atoms with E-state index in [-0.39, 0.29) is 29.4 Å². The molecule has 1 aromatic carbocycles. The predicted octanol–water partition coefficient (Wildman–Crippen LogP) is 0.799. The van der Waals surface area contributed by atoms with Crippen LogP contribution in [0.2, 0.25) is 0 Å². The van der Waals surface area contributed by atoms with Gasteiger partial charge in [-0.1, -0.05) is 6.07 Å². The third-order valence-corrected chi connectivity index (χ3v) is 6.75. The van der Waals surface area contributed by atoms with Crippen LogP contribution in [0, 0.1) is 5.82 Å². The fraction of sp³-hybridized carbons (Fsp3) is 0.588. The second-order valence-electron chi connectivity index (χ2n) is 7.01. The number of methoxy groups -OCH3 is 1. The van der Waals surface area contributed by atoms with Crippen molar-refractivity contribution in [3.63, 3.8) is 0 Å². The number of halogens is 1. The van der Waals surface area contributed by atoms with E-state index in [4.69, 9.17) is 4.74 Å². The van der Waals surface area contributed by atoms with Gasteiger partial charge in [-0.25, -0.2) is 17.6 Å². The third kappa shape index (κ3) is 3.64. The van der Waals surface area contributed by atoms with Gasteiger partial charge in [-0.05, 0) is 6.07 Å². The molecule has 2 heterocycles. The number of carbonyl (C=O) groups is 1. The first-order chi connectivity index (χ1) is 12.2. The van der Waals surface area contributed by atoms with E-state index in [2.05, 4.69) is 0 Å². The fourth-order valence-electron chi connectivity index (χ4n) is 3.72. The molecule has 0 saturated carbocycles. The molecule has 0 unspecified atom stereocenters. The number of hydrogen-bond acceptors (Lipinski definition) is 5. The van der Waals surface area contributed by atoms with Crippen molar-refractivity contribution < 1.29 is 22.3 Å². The van der Waals surface area contributed by atoms with E-state index < -0.39 is 15.9 Å². The van der Waals surface area contributed by atoms with Crippen molar-refractivity contribution in [1.82, 2.24) is 14.7 Å². The first kappa shape index (κ1) is 18.9. The molecular formula is C17H24FN3O4S. The van der Waals surface area contributed by atoms with Crippen molar-refractivity contribution in [2.45, 2.75) is 18.6 Å². The Kier molecular flexibility index (Phi) is 5.12. The molecule has 0 spiro atoms.